The molecule has 7 heteroatoms. The van der Waals surface area contributed by atoms with Crippen molar-refractivity contribution in [3.8, 4) is 0 Å². The van der Waals surface area contributed by atoms with Gasteiger partial charge in [-0.1, -0.05) is 26.0 Å². The molecule has 1 aliphatic rings. The molecule has 30 heavy (non-hydrogen) atoms. The predicted octanol–water partition coefficient (Wildman–Crippen LogP) is 2.73. The first-order valence-electron chi connectivity index (χ1n) is 10.6. The summed E-state index contributed by atoms with van der Waals surface area (Å²) in [4.78, 5) is 36.2. The summed E-state index contributed by atoms with van der Waals surface area (Å²) >= 11 is 0. The number of carbonyl (C=O) groups excluding carboxylic acids is 2. The molecule has 1 aromatic heterocycles. The molecule has 7 nitrogen and oxygen atoms in total. The third-order valence-electron chi connectivity index (χ3n) is 5.35. The second kappa shape index (κ2) is 9.69. The number of carbonyl (C=O) groups is 2. The summed E-state index contributed by atoms with van der Waals surface area (Å²) in [5, 5.41) is 12.6. The Morgan fingerprint density at radius 2 is 1.90 bits per heavy atom. The van der Waals surface area contributed by atoms with Gasteiger partial charge in [-0.3, -0.25) is 14.4 Å². The van der Waals surface area contributed by atoms with Crippen molar-refractivity contribution in [3.63, 3.8) is 0 Å². The number of anilines is 1. The van der Waals surface area contributed by atoms with Gasteiger partial charge in [-0.15, -0.1) is 0 Å². The normalized spacial score (nSPS) is 14.1. The van der Waals surface area contributed by atoms with E-state index in [4.69, 9.17) is 0 Å². The summed E-state index contributed by atoms with van der Waals surface area (Å²) in [6.07, 6.45) is 4.94. The van der Waals surface area contributed by atoms with Crippen molar-refractivity contribution >= 4 is 17.5 Å². The molecule has 1 aliphatic carbocycles. The number of aromatic amines is 1. The Bertz CT molecular complexity index is 981. The molecule has 3 N–H and O–H groups in total. The minimum Gasteiger partial charge on any atom is -0.345 e. The molecule has 0 bridgehead atoms. The average molecular weight is 411 g/mol. The Morgan fingerprint density at radius 1 is 1.17 bits per heavy atom. The molecule has 0 spiro atoms. The van der Waals surface area contributed by atoms with Gasteiger partial charge >= 0.3 is 0 Å². The fraction of sp³-hybridized carbons (Fsp3) is 0.478. The number of fused-ring (bicyclic) bond motifs is 1. The molecular formula is C23H30N4O3. The second-order valence-corrected chi connectivity index (χ2v) is 8.41. The van der Waals surface area contributed by atoms with Gasteiger partial charge in [0.15, 0.2) is 0 Å². The molecule has 1 aromatic carbocycles. The standard InChI is InChI=1S/C23H30N4O3/c1-14(2)11-21(24-15(3)28)23(30)25-17-8-6-7-16(12-17)13-20-18-9-4-5-10-19(18)22(29)27-26-20/h6-8,12,14,21H,4-5,9-11,13H2,1-3H3,(H,24,28)(H,25,30)(H,27,29)/t21-/m0/s1. The molecule has 2 aromatic rings. The largest absolute Gasteiger partial charge is 0.345 e. The molecule has 1 atom stereocenters. The molecule has 0 radical (unpaired) electrons. The number of rotatable bonds is 7. The molecule has 0 fully saturated rings. The van der Waals surface area contributed by atoms with Gasteiger partial charge in [0.1, 0.15) is 6.04 Å². The SMILES string of the molecule is CC(=O)N[C@@H](CC(C)C)C(=O)Nc1cccc(Cc2n[nH]c(=O)c3c2CCCC3)c1. The monoisotopic (exact) mass is 410 g/mol. The van der Waals surface area contributed by atoms with E-state index in [1.165, 1.54) is 6.92 Å². The molecule has 0 unspecified atom stereocenters. The molecule has 160 valence electrons. The zero-order valence-corrected chi connectivity index (χ0v) is 17.9. The van der Waals surface area contributed by atoms with Gasteiger partial charge < -0.3 is 10.6 Å². The molecule has 2 amide bonds. The summed E-state index contributed by atoms with van der Waals surface area (Å²) in [6, 6.07) is 7.05. The number of aromatic nitrogens is 2. The Balaban J connectivity index is 1.76. The van der Waals surface area contributed by atoms with Gasteiger partial charge in [0, 0.05) is 24.6 Å². The van der Waals surface area contributed by atoms with Crippen molar-refractivity contribution in [2.45, 2.75) is 65.3 Å². The van der Waals surface area contributed by atoms with Crippen LogP contribution < -0.4 is 16.2 Å². The Labute approximate surface area is 176 Å². The third-order valence-corrected chi connectivity index (χ3v) is 5.35. The van der Waals surface area contributed by atoms with Gasteiger partial charge in [0.2, 0.25) is 11.8 Å². The van der Waals surface area contributed by atoms with Crippen LogP contribution in [0.4, 0.5) is 5.69 Å². The van der Waals surface area contributed by atoms with Gasteiger partial charge in [0.25, 0.3) is 5.56 Å². The maximum absolute atomic E-state index is 12.7. The summed E-state index contributed by atoms with van der Waals surface area (Å²) in [5.41, 5.74) is 4.42. The maximum atomic E-state index is 12.7. The summed E-state index contributed by atoms with van der Waals surface area (Å²) in [7, 11) is 0. The van der Waals surface area contributed by atoms with Crippen molar-refractivity contribution in [2.75, 3.05) is 5.32 Å². The van der Waals surface area contributed by atoms with E-state index in [1.54, 1.807) is 0 Å². The fourth-order valence-electron chi connectivity index (χ4n) is 4.00. The van der Waals surface area contributed by atoms with E-state index < -0.39 is 6.04 Å². The number of H-pyrrole nitrogens is 1. The molecule has 0 aliphatic heterocycles. The van der Waals surface area contributed by atoms with E-state index in [2.05, 4.69) is 20.8 Å². The van der Waals surface area contributed by atoms with Gasteiger partial charge in [-0.2, -0.15) is 5.10 Å². The van der Waals surface area contributed by atoms with Crippen molar-refractivity contribution in [2.24, 2.45) is 5.92 Å². The zero-order valence-electron chi connectivity index (χ0n) is 17.9. The third kappa shape index (κ3) is 5.55. The molecular weight excluding hydrogens is 380 g/mol. The number of hydrogen-bond donors (Lipinski definition) is 3. The van der Waals surface area contributed by atoms with Crippen LogP contribution in [0, 0.1) is 5.92 Å². The smallest absolute Gasteiger partial charge is 0.267 e. The molecule has 1 heterocycles. The van der Waals surface area contributed by atoms with Gasteiger partial charge in [-0.25, -0.2) is 5.10 Å². The lowest BCUT2D eigenvalue weighted by molar-refractivity contribution is -0.125. The molecule has 3 rings (SSSR count). The van der Waals surface area contributed by atoms with Crippen LogP contribution in [-0.4, -0.2) is 28.1 Å². The van der Waals surface area contributed by atoms with Crippen LogP contribution in [0.2, 0.25) is 0 Å². The Hall–Kier alpha value is -2.96. The highest BCUT2D eigenvalue weighted by Gasteiger charge is 2.21. The van der Waals surface area contributed by atoms with Crippen LogP contribution in [-0.2, 0) is 28.9 Å². The number of nitrogens with zero attached hydrogens (tertiary/aromatic N) is 1. The van der Waals surface area contributed by atoms with Crippen LogP contribution in [0.3, 0.4) is 0 Å². The minimum absolute atomic E-state index is 0.0800. The minimum atomic E-state index is -0.570. The summed E-state index contributed by atoms with van der Waals surface area (Å²) in [5.74, 6) is -0.175. The zero-order chi connectivity index (χ0) is 21.7. The van der Waals surface area contributed by atoms with E-state index in [0.717, 1.165) is 48.1 Å². The first kappa shape index (κ1) is 21.7. The molecule has 0 saturated carbocycles. The van der Waals surface area contributed by atoms with Crippen molar-refractivity contribution in [3.05, 3.63) is 57.0 Å². The van der Waals surface area contributed by atoms with Crippen LogP contribution in [0.15, 0.2) is 29.1 Å². The van der Waals surface area contributed by atoms with Gasteiger partial charge in [-0.05, 0) is 61.3 Å². The maximum Gasteiger partial charge on any atom is 0.267 e. The van der Waals surface area contributed by atoms with E-state index >= 15 is 0 Å². The Morgan fingerprint density at radius 3 is 2.60 bits per heavy atom. The first-order valence-corrected chi connectivity index (χ1v) is 10.6. The lowest BCUT2D eigenvalue weighted by Crippen LogP contribution is -2.43. The second-order valence-electron chi connectivity index (χ2n) is 8.41. The Kier molecular flexibility index (Phi) is 7.03. The van der Waals surface area contributed by atoms with Crippen LogP contribution in [0.5, 0.6) is 0 Å². The predicted molar refractivity (Wildman–Crippen MR) is 116 cm³/mol. The van der Waals surface area contributed by atoms with Crippen molar-refractivity contribution in [1.29, 1.82) is 0 Å². The highest BCUT2D eigenvalue weighted by molar-refractivity contribution is 5.97. The topological polar surface area (TPSA) is 104 Å². The first-order chi connectivity index (χ1) is 14.3. The highest BCUT2D eigenvalue weighted by Crippen LogP contribution is 2.23. The van der Waals surface area contributed by atoms with Crippen molar-refractivity contribution in [1.82, 2.24) is 15.5 Å². The van der Waals surface area contributed by atoms with E-state index in [-0.39, 0.29) is 23.3 Å². The van der Waals surface area contributed by atoms with E-state index in [0.29, 0.717) is 18.5 Å². The highest BCUT2D eigenvalue weighted by atomic mass is 16.2. The van der Waals surface area contributed by atoms with Crippen LogP contribution in [0.1, 0.15) is 62.4 Å². The fourth-order valence-corrected chi connectivity index (χ4v) is 4.00. The summed E-state index contributed by atoms with van der Waals surface area (Å²) in [6.45, 7) is 5.44. The molecule has 0 saturated heterocycles. The van der Waals surface area contributed by atoms with Gasteiger partial charge in [0.05, 0.1) is 5.69 Å². The van der Waals surface area contributed by atoms with E-state index in [9.17, 15) is 14.4 Å². The van der Waals surface area contributed by atoms with Crippen LogP contribution in [0.25, 0.3) is 0 Å². The lowest BCUT2D eigenvalue weighted by Gasteiger charge is -2.20. The number of benzene rings is 1. The number of hydrogen-bond acceptors (Lipinski definition) is 4. The summed E-state index contributed by atoms with van der Waals surface area (Å²) < 4.78 is 0. The van der Waals surface area contributed by atoms with Crippen LogP contribution >= 0.6 is 0 Å². The number of nitrogens with one attached hydrogen (secondary N) is 3. The quantitative estimate of drug-likeness (QED) is 0.653. The van der Waals surface area contributed by atoms with Crippen molar-refractivity contribution < 1.29 is 9.59 Å². The average Bonchev–Trinajstić information content (AvgIpc) is 2.69. The van der Waals surface area contributed by atoms with E-state index in [1.807, 2.05) is 38.1 Å². The lowest BCUT2D eigenvalue weighted by atomic mass is 9.90. The number of amides is 2.